The number of rotatable bonds is 4. The van der Waals surface area contributed by atoms with Gasteiger partial charge in [0.15, 0.2) is 5.76 Å². The molecule has 0 radical (unpaired) electrons. The maximum absolute atomic E-state index is 5.55. The van der Waals surface area contributed by atoms with Gasteiger partial charge in [0.05, 0.1) is 6.54 Å². The van der Waals surface area contributed by atoms with Crippen LogP contribution in [-0.4, -0.2) is 60.3 Å². The second kappa shape index (κ2) is 6.83. The first-order valence-corrected chi connectivity index (χ1v) is 8.56. The topological polar surface area (TPSA) is 44.5 Å². The fraction of sp³-hybridized carbons (Fsp3) is 0.500. The third-order valence-corrected chi connectivity index (χ3v) is 4.92. The van der Waals surface area contributed by atoms with Crippen LogP contribution in [0.15, 0.2) is 40.9 Å². The van der Waals surface area contributed by atoms with Crippen LogP contribution < -0.4 is 5.32 Å². The van der Waals surface area contributed by atoms with Crippen molar-refractivity contribution in [3.63, 3.8) is 0 Å². The number of hydrogen-bond acceptors (Lipinski definition) is 5. The van der Waals surface area contributed by atoms with Gasteiger partial charge in [-0.2, -0.15) is 0 Å². The Morgan fingerprint density at radius 2 is 1.96 bits per heavy atom. The molecule has 3 heterocycles. The van der Waals surface area contributed by atoms with E-state index in [9.17, 15) is 0 Å². The maximum Gasteiger partial charge on any atom is 0.151 e. The number of likely N-dealkylation sites (tertiary alicyclic amines) is 1. The molecule has 5 nitrogen and oxygen atoms in total. The second-order valence-electron chi connectivity index (χ2n) is 6.51. The van der Waals surface area contributed by atoms with Gasteiger partial charge in [-0.05, 0) is 6.42 Å². The van der Waals surface area contributed by atoms with Gasteiger partial charge in [0, 0.05) is 56.9 Å². The normalized spacial score (nSPS) is 23.4. The molecule has 0 saturated carbocycles. The Morgan fingerprint density at radius 3 is 2.78 bits per heavy atom. The van der Waals surface area contributed by atoms with Crippen molar-refractivity contribution >= 4 is 0 Å². The lowest BCUT2D eigenvalue weighted by atomic mass is 10.1. The average molecular weight is 312 g/mol. The van der Waals surface area contributed by atoms with Crippen molar-refractivity contribution in [3.05, 3.63) is 42.2 Å². The largest absolute Gasteiger partial charge is 0.359 e. The van der Waals surface area contributed by atoms with Crippen LogP contribution in [0, 0.1) is 0 Å². The van der Waals surface area contributed by atoms with Gasteiger partial charge in [0.2, 0.25) is 0 Å². The van der Waals surface area contributed by atoms with Crippen molar-refractivity contribution in [2.24, 2.45) is 0 Å². The van der Waals surface area contributed by atoms with Crippen molar-refractivity contribution in [1.82, 2.24) is 20.3 Å². The predicted octanol–water partition coefficient (Wildman–Crippen LogP) is 1.82. The highest BCUT2D eigenvalue weighted by atomic mass is 16.5. The van der Waals surface area contributed by atoms with Gasteiger partial charge in [-0.3, -0.25) is 9.80 Å². The van der Waals surface area contributed by atoms with Crippen LogP contribution in [0.25, 0.3) is 11.3 Å². The lowest BCUT2D eigenvalue weighted by Gasteiger charge is -2.32. The summed E-state index contributed by atoms with van der Waals surface area (Å²) in [5, 5.41) is 7.65. The Morgan fingerprint density at radius 1 is 1.13 bits per heavy atom. The molecule has 0 bridgehead atoms. The average Bonchev–Trinajstić information content (AvgIpc) is 3.27. The quantitative estimate of drug-likeness (QED) is 0.933. The minimum Gasteiger partial charge on any atom is -0.359 e. The van der Waals surface area contributed by atoms with Crippen molar-refractivity contribution in [3.8, 4) is 11.3 Å². The first kappa shape index (κ1) is 14.9. The molecule has 23 heavy (non-hydrogen) atoms. The third-order valence-electron chi connectivity index (χ3n) is 4.92. The number of aromatic nitrogens is 1. The summed E-state index contributed by atoms with van der Waals surface area (Å²) < 4.78 is 5.55. The van der Waals surface area contributed by atoms with E-state index >= 15 is 0 Å². The molecule has 2 aliphatic heterocycles. The van der Waals surface area contributed by atoms with E-state index in [2.05, 4.69) is 38.5 Å². The SMILES string of the molecule is c1ccc(-c2cc(CN3CCC(N4CCNCC4)C3)on2)cc1. The molecule has 0 aliphatic carbocycles. The van der Waals surface area contributed by atoms with E-state index in [4.69, 9.17) is 4.52 Å². The fourth-order valence-electron chi connectivity index (χ4n) is 3.65. The van der Waals surface area contributed by atoms with Crippen LogP contribution in [0.1, 0.15) is 12.2 Å². The first-order chi connectivity index (χ1) is 11.4. The Labute approximate surface area is 137 Å². The van der Waals surface area contributed by atoms with Gasteiger partial charge in [-0.15, -0.1) is 0 Å². The summed E-state index contributed by atoms with van der Waals surface area (Å²) >= 11 is 0. The van der Waals surface area contributed by atoms with Crippen LogP contribution in [0.4, 0.5) is 0 Å². The monoisotopic (exact) mass is 312 g/mol. The summed E-state index contributed by atoms with van der Waals surface area (Å²) in [7, 11) is 0. The second-order valence-corrected chi connectivity index (χ2v) is 6.51. The van der Waals surface area contributed by atoms with Crippen LogP contribution in [0.2, 0.25) is 0 Å². The molecule has 0 amide bonds. The smallest absolute Gasteiger partial charge is 0.151 e. The van der Waals surface area contributed by atoms with Gasteiger partial charge >= 0.3 is 0 Å². The van der Waals surface area contributed by atoms with Gasteiger partial charge < -0.3 is 9.84 Å². The Hall–Kier alpha value is -1.69. The molecular formula is C18H24N4O. The summed E-state index contributed by atoms with van der Waals surface area (Å²) in [5.74, 6) is 0.963. The van der Waals surface area contributed by atoms with Crippen molar-refractivity contribution in [2.45, 2.75) is 19.0 Å². The molecule has 122 valence electrons. The predicted molar refractivity (Wildman–Crippen MR) is 90.1 cm³/mol. The molecular weight excluding hydrogens is 288 g/mol. The molecule has 2 aromatic rings. The van der Waals surface area contributed by atoms with Crippen LogP contribution in [0.3, 0.4) is 0 Å². The Bertz CT molecular complexity index is 621. The molecule has 2 aliphatic rings. The molecule has 0 spiro atoms. The van der Waals surface area contributed by atoms with E-state index in [-0.39, 0.29) is 0 Å². The van der Waals surface area contributed by atoms with E-state index in [1.165, 1.54) is 19.5 Å². The summed E-state index contributed by atoms with van der Waals surface area (Å²) in [5.41, 5.74) is 2.04. The van der Waals surface area contributed by atoms with Gasteiger partial charge in [0.1, 0.15) is 5.69 Å². The minimum atomic E-state index is 0.702. The number of piperazine rings is 1. The lowest BCUT2D eigenvalue weighted by molar-refractivity contribution is 0.167. The fourth-order valence-corrected chi connectivity index (χ4v) is 3.65. The molecule has 1 aromatic heterocycles. The van der Waals surface area contributed by atoms with Gasteiger partial charge in [-0.25, -0.2) is 0 Å². The Kier molecular flexibility index (Phi) is 4.41. The third kappa shape index (κ3) is 3.47. The molecule has 4 rings (SSSR count). The highest BCUT2D eigenvalue weighted by Crippen LogP contribution is 2.22. The van der Waals surface area contributed by atoms with Crippen LogP contribution in [0.5, 0.6) is 0 Å². The zero-order valence-corrected chi connectivity index (χ0v) is 13.4. The lowest BCUT2D eigenvalue weighted by Crippen LogP contribution is -2.49. The molecule has 2 fully saturated rings. The highest BCUT2D eigenvalue weighted by molar-refractivity contribution is 5.58. The van der Waals surface area contributed by atoms with Crippen molar-refractivity contribution in [1.29, 1.82) is 0 Å². The molecule has 1 unspecified atom stereocenters. The standard InChI is InChI=1S/C18H24N4O/c1-2-4-15(5-3-1)18-12-17(23-20-18)14-21-9-6-16(13-21)22-10-7-19-8-11-22/h1-5,12,16,19H,6-11,13-14H2. The maximum atomic E-state index is 5.55. The minimum absolute atomic E-state index is 0.702. The van der Waals surface area contributed by atoms with E-state index in [0.29, 0.717) is 6.04 Å². The zero-order chi connectivity index (χ0) is 15.5. The number of nitrogens with one attached hydrogen (secondary N) is 1. The van der Waals surface area contributed by atoms with E-state index in [1.807, 2.05) is 18.2 Å². The molecule has 1 atom stereocenters. The van der Waals surface area contributed by atoms with E-state index < -0.39 is 0 Å². The van der Waals surface area contributed by atoms with Crippen LogP contribution in [-0.2, 0) is 6.54 Å². The van der Waals surface area contributed by atoms with Crippen molar-refractivity contribution in [2.75, 3.05) is 39.3 Å². The van der Waals surface area contributed by atoms with E-state index in [0.717, 1.165) is 49.7 Å². The highest BCUT2D eigenvalue weighted by Gasteiger charge is 2.28. The molecule has 1 aromatic carbocycles. The Balaban J connectivity index is 1.35. The zero-order valence-electron chi connectivity index (χ0n) is 13.4. The first-order valence-electron chi connectivity index (χ1n) is 8.56. The number of hydrogen-bond donors (Lipinski definition) is 1. The van der Waals surface area contributed by atoms with Crippen molar-refractivity contribution < 1.29 is 4.52 Å². The number of benzene rings is 1. The van der Waals surface area contributed by atoms with Gasteiger partial charge in [-0.1, -0.05) is 35.5 Å². The molecule has 1 N–H and O–H groups in total. The van der Waals surface area contributed by atoms with Gasteiger partial charge in [0.25, 0.3) is 0 Å². The summed E-state index contributed by atoms with van der Waals surface area (Å²) in [6, 6.07) is 13.0. The molecule has 2 saturated heterocycles. The summed E-state index contributed by atoms with van der Waals surface area (Å²) in [4.78, 5) is 5.12. The summed E-state index contributed by atoms with van der Waals surface area (Å²) in [6.45, 7) is 7.76. The molecule has 5 heteroatoms. The summed E-state index contributed by atoms with van der Waals surface area (Å²) in [6.07, 6.45) is 1.26. The number of nitrogens with zero attached hydrogens (tertiary/aromatic N) is 3. The van der Waals surface area contributed by atoms with Crippen LogP contribution >= 0.6 is 0 Å². The van der Waals surface area contributed by atoms with E-state index in [1.54, 1.807) is 0 Å².